The Morgan fingerprint density at radius 3 is 2.31 bits per heavy atom. The maximum Gasteiger partial charge on any atom is 0.307 e. The van der Waals surface area contributed by atoms with Gasteiger partial charge >= 0.3 is 5.97 Å². The van der Waals surface area contributed by atoms with Crippen molar-refractivity contribution in [3.63, 3.8) is 0 Å². The highest BCUT2D eigenvalue weighted by molar-refractivity contribution is 7.91. The van der Waals surface area contributed by atoms with E-state index in [9.17, 15) is 18.3 Å². The second kappa shape index (κ2) is 10.8. The largest absolute Gasteiger partial charge is 0.493 e. The highest BCUT2D eigenvalue weighted by Crippen LogP contribution is 2.47. The maximum absolute atomic E-state index is 11.7. The van der Waals surface area contributed by atoms with Crippen LogP contribution >= 0.6 is 0 Å². The Hall–Kier alpha value is -3.12. The predicted octanol–water partition coefficient (Wildman–Crippen LogP) is 6.02. The molecule has 1 heterocycles. The Labute approximate surface area is 231 Å². The molecule has 1 saturated heterocycles. The van der Waals surface area contributed by atoms with E-state index in [1.54, 1.807) is 0 Å². The molecule has 1 saturated carbocycles. The van der Waals surface area contributed by atoms with E-state index >= 15 is 0 Å². The van der Waals surface area contributed by atoms with Crippen molar-refractivity contribution in [1.82, 2.24) is 0 Å². The number of carbonyl (C=O) groups is 1. The van der Waals surface area contributed by atoms with Gasteiger partial charge in [-0.3, -0.25) is 4.79 Å². The van der Waals surface area contributed by atoms with Crippen LogP contribution in [0.3, 0.4) is 0 Å². The molecular formula is C33H36O5S. The number of sulfone groups is 1. The van der Waals surface area contributed by atoms with Gasteiger partial charge in [0.25, 0.3) is 0 Å². The molecule has 0 radical (unpaired) electrons. The van der Waals surface area contributed by atoms with Crippen LogP contribution in [0.5, 0.6) is 5.75 Å². The first-order chi connectivity index (χ1) is 18.8. The summed E-state index contributed by atoms with van der Waals surface area (Å²) in [7, 11) is -2.85. The molecule has 5 nitrogen and oxygen atoms in total. The van der Waals surface area contributed by atoms with Crippen molar-refractivity contribution in [2.24, 2.45) is 11.8 Å². The number of rotatable bonds is 8. The predicted molar refractivity (Wildman–Crippen MR) is 153 cm³/mol. The summed E-state index contributed by atoms with van der Waals surface area (Å²) < 4.78 is 29.6. The van der Waals surface area contributed by atoms with E-state index in [-0.39, 0.29) is 23.3 Å². The number of aryl methyl sites for hydroxylation is 4. The first-order valence-electron chi connectivity index (χ1n) is 14.2. The monoisotopic (exact) mass is 544 g/mol. The van der Waals surface area contributed by atoms with Crippen LogP contribution in [0.1, 0.15) is 59.4 Å². The van der Waals surface area contributed by atoms with Gasteiger partial charge in [0.2, 0.25) is 0 Å². The third-order valence-electron chi connectivity index (χ3n) is 8.81. The quantitative estimate of drug-likeness (QED) is 0.375. The molecule has 6 heteroatoms. The number of carboxylic acids is 1. The standard InChI is InChI=1S/C33H36O5S/c34-33(35)32-20-31(32)26-9-6-22(7-10-26)4-5-23-8-11-25-2-1-3-27-19-28(12-13-29(27)30(25)18-23)38-21-24-14-16-39(36,37)17-15-24/h6-13,18-19,24,31-32H,1-5,14-17,20-21H2,(H,34,35)/t31-,32+/m1/s1. The lowest BCUT2D eigenvalue weighted by atomic mass is 9.93. The molecule has 3 aromatic carbocycles. The number of carboxylic acid groups (broad SMARTS) is 1. The van der Waals surface area contributed by atoms with Crippen LogP contribution in [0.15, 0.2) is 60.7 Å². The van der Waals surface area contributed by atoms with Gasteiger partial charge in [-0.05, 0) is 114 Å². The fourth-order valence-corrected chi connectivity index (χ4v) is 7.81. The van der Waals surface area contributed by atoms with E-state index in [1.165, 1.54) is 33.4 Å². The molecule has 1 N–H and O–H groups in total. The lowest BCUT2D eigenvalue weighted by Crippen LogP contribution is -2.26. The molecular weight excluding hydrogens is 508 g/mol. The van der Waals surface area contributed by atoms with E-state index in [4.69, 9.17) is 4.74 Å². The van der Waals surface area contributed by atoms with Gasteiger partial charge < -0.3 is 9.84 Å². The summed E-state index contributed by atoms with van der Waals surface area (Å²) in [6.45, 7) is 0.580. The van der Waals surface area contributed by atoms with Crippen LogP contribution in [0.2, 0.25) is 0 Å². The van der Waals surface area contributed by atoms with Gasteiger partial charge in [-0.15, -0.1) is 0 Å². The van der Waals surface area contributed by atoms with E-state index in [2.05, 4.69) is 60.7 Å². The van der Waals surface area contributed by atoms with Crippen molar-refractivity contribution < 1.29 is 23.1 Å². The minimum atomic E-state index is -2.85. The summed E-state index contributed by atoms with van der Waals surface area (Å²) in [5, 5.41) is 9.19. The van der Waals surface area contributed by atoms with Crippen molar-refractivity contribution in [2.75, 3.05) is 18.1 Å². The van der Waals surface area contributed by atoms with Crippen molar-refractivity contribution >= 4 is 15.8 Å². The van der Waals surface area contributed by atoms with Crippen molar-refractivity contribution in [3.8, 4) is 16.9 Å². The third-order valence-corrected chi connectivity index (χ3v) is 10.5. The Morgan fingerprint density at radius 2 is 1.56 bits per heavy atom. The van der Waals surface area contributed by atoms with Gasteiger partial charge in [-0.1, -0.05) is 48.5 Å². The molecule has 2 atom stereocenters. The lowest BCUT2D eigenvalue weighted by molar-refractivity contribution is -0.138. The minimum absolute atomic E-state index is 0.179. The Kier molecular flexibility index (Phi) is 7.23. The first-order valence-corrected chi connectivity index (χ1v) is 16.1. The number of benzene rings is 3. The summed E-state index contributed by atoms with van der Waals surface area (Å²) in [6.07, 6.45) is 7.25. The molecule has 39 heavy (non-hydrogen) atoms. The topological polar surface area (TPSA) is 80.7 Å². The zero-order valence-electron chi connectivity index (χ0n) is 22.3. The molecule has 0 bridgehead atoms. The van der Waals surface area contributed by atoms with Crippen molar-refractivity contribution in [3.05, 3.63) is 88.5 Å². The maximum atomic E-state index is 11.7. The van der Waals surface area contributed by atoms with E-state index in [0.717, 1.165) is 49.8 Å². The fraction of sp³-hybridized carbons (Fsp3) is 0.424. The molecule has 0 aromatic heterocycles. The molecule has 3 aromatic rings. The number of hydrogen-bond acceptors (Lipinski definition) is 4. The van der Waals surface area contributed by atoms with Gasteiger partial charge in [0.15, 0.2) is 0 Å². The molecule has 6 rings (SSSR count). The van der Waals surface area contributed by atoms with Gasteiger partial charge in [0.1, 0.15) is 15.6 Å². The summed E-state index contributed by atoms with van der Waals surface area (Å²) in [5.41, 5.74) is 9.09. The summed E-state index contributed by atoms with van der Waals surface area (Å²) in [4.78, 5) is 11.2. The van der Waals surface area contributed by atoms with Crippen molar-refractivity contribution in [2.45, 2.75) is 57.3 Å². The Morgan fingerprint density at radius 1 is 0.846 bits per heavy atom. The normalized spacial score (nSPS) is 21.8. The number of aliphatic carboxylic acids is 1. The van der Waals surface area contributed by atoms with E-state index in [1.807, 2.05) is 0 Å². The Balaban J connectivity index is 1.11. The Bertz CT molecular complexity index is 1460. The smallest absolute Gasteiger partial charge is 0.307 e. The van der Waals surface area contributed by atoms with Gasteiger partial charge in [0, 0.05) is 0 Å². The summed E-state index contributed by atoms with van der Waals surface area (Å²) in [6, 6.07) is 21.9. The van der Waals surface area contributed by atoms with E-state index < -0.39 is 15.8 Å². The number of hydrogen-bond donors (Lipinski definition) is 1. The average molecular weight is 545 g/mol. The van der Waals surface area contributed by atoms with Crippen LogP contribution in [-0.2, 0) is 40.3 Å². The summed E-state index contributed by atoms with van der Waals surface area (Å²) >= 11 is 0. The molecule has 0 unspecified atom stereocenters. The van der Waals surface area contributed by atoms with Crippen LogP contribution in [0, 0.1) is 11.8 Å². The SMILES string of the molecule is O=C(O)[C@H]1C[C@@H]1c1ccc(CCc2ccc3c(c2)-c2ccc(OCC4CCS(=O)(=O)CC4)cc2CCC3)cc1. The highest BCUT2D eigenvalue weighted by atomic mass is 32.2. The minimum Gasteiger partial charge on any atom is -0.493 e. The second-order valence-electron chi connectivity index (χ2n) is 11.6. The molecule has 204 valence electrons. The molecule has 0 amide bonds. The van der Waals surface area contributed by atoms with Crippen LogP contribution in [0.4, 0.5) is 0 Å². The highest BCUT2D eigenvalue weighted by Gasteiger charge is 2.44. The lowest BCUT2D eigenvalue weighted by Gasteiger charge is -2.22. The van der Waals surface area contributed by atoms with E-state index in [0.29, 0.717) is 25.4 Å². The third kappa shape index (κ3) is 6.06. The molecule has 3 aliphatic rings. The van der Waals surface area contributed by atoms with Gasteiger partial charge in [-0.25, -0.2) is 8.42 Å². The van der Waals surface area contributed by atoms with Crippen LogP contribution in [0.25, 0.3) is 11.1 Å². The first kappa shape index (κ1) is 26.1. The van der Waals surface area contributed by atoms with Gasteiger partial charge in [-0.2, -0.15) is 0 Å². The molecule has 2 fully saturated rings. The van der Waals surface area contributed by atoms with Crippen LogP contribution in [-0.4, -0.2) is 37.6 Å². The van der Waals surface area contributed by atoms with Crippen molar-refractivity contribution in [1.29, 1.82) is 0 Å². The number of fused-ring (bicyclic) bond motifs is 3. The fourth-order valence-electron chi connectivity index (χ4n) is 6.22. The average Bonchev–Trinajstić information content (AvgIpc) is 3.75. The zero-order valence-corrected chi connectivity index (χ0v) is 23.1. The van der Waals surface area contributed by atoms with Crippen LogP contribution < -0.4 is 4.74 Å². The van der Waals surface area contributed by atoms with Gasteiger partial charge in [0.05, 0.1) is 24.0 Å². The number of ether oxygens (including phenoxy) is 1. The zero-order chi connectivity index (χ0) is 27.0. The molecule has 0 spiro atoms. The molecule has 2 aliphatic carbocycles. The molecule has 1 aliphatic heterocycles. The second-order valence-corrected chi connectivity index (χ2v) is 13.9. The summed E-state index contributed by atoms with van der Waals surface area (Å²) in [5.74, 6) is 1.04.